The number of rotatable bonds is 4. The molecule has 2 atom stereocenters. The number of hydroxylamine groups is 2. The van der Waals surface area contributed by atoms with Gasteiger partial charge in [-0.2, -0.15) is 0 Å². The summed E-state index contributed by atoms with van der Waals surface area (Å²) in [6, 6.07) is 6.01. The molecule has 5 rings (SSSR count). The van der Waals surface area contributed by atoms with Crippen LogP contribution in [0.2, 0.25) is 5.02 Å². The minimum absolute atomic E-state index is 0.0887. The number of nitrogens with zero attached hydrogens (tertiary/aromatic N) is 5. The molecule has 1 aromatic carbocycles. The molecule has 0 aliphatic carbocycles. The van der Waals surface area contributed by atoms with E-state index in [-0.39, 0.29) is 18.7 Å². The highest BCUT2D eigenvalue weighted by Crippen LogP contribution is 2.34. The zero-order valence-electron chi connectivity index (χ0n) is 19.8. The van der Waals surface area contributed by atoms with Gasteiger partial charge in [-0.25, -0.2) is 4.79 Å². The lowest BCUT2D eigenvalue weighted by atomic mass is 10.0. The summed E-state index contributed by atoms with van der Waals surface area (Å²) in [6.45, 7) is 8.17. The standard InChI is InChI=1S/C24H30ClN5O5/c1-16(31)27-6-8-28(9-7-27)21-10-20(25)3-2-17(21)11-26-12-18-14-29(15-19(18)13-26)24(34)35-30-22(32)4-5-23(30)33/h2-3,10,18-19H,4-9,11-15H2,1H3. The molecule has 11 heteroatoms. The SMILES string of the molecule is CC(=O)N1CCN(c2cc(Cl)ccc2CN2CC3CN(C(=O)ON4C(=O)CCC4=O)CC3C2)CC1. The molecule has 4 heterocycles. The first-order valence-electron chi connectivity index (χ1n) is 12.1. The molecule has 4 saturated heterocycles. The summed E-state index contributed by atoms with van der Waals surface area (Å²) in [7, 11) is 0. The Morgan fingerprint density at radius 2 is 1.57 bits per heavy atom. The Bertz CT molecular complexity index is 1010. The second-order valence-electron chi connectivity index (χ2n) is 9.82. The Morgan fingerprint density at radius 3 is 2.17 bits per heavy atom. The number of halogens is 1. The summed E-state index contributed by atoms with van der Waals surface area (Å²) in [5, 5.41) is 1.31. The van der Waals surface area contributed by atoms with Crippen molar-refractivity contribution in [2.45, 2.75) is 26.3 Å². The highest BCUT2D eigenvalue weighted by Gasteiger charge is 2.43. The smallest absolute Gasteiger partial charge is 0.368 e. The van der Waals surface area contributed by atoms with E-state index in [4.69, 9.17) is 16.4 Å². The van der Waals surface area contributed by atoms with Crippen molar-refractivity contribution in [2.24, 2.45) is 11.8 Å². The maximum atomic E-state index is 12.5. The summed E-state index contributed by atoms with van der Waals surface area (Å²) < 4.78 is 0. The van der Waals surface area contributed by atoms with Crippen molar-refractivity contribution in [3.8, 4) is 0 Å². The van der Waals surface area contributed by atoms with E-state index < -0.39 is 17.9 Å². The Hall–Kier alpha value is -2.85. The van der Waals surface area contributed by atoms with Crippen molar-refractivity contribution in [1.82, 2.24) is 19.8 Å². The Balaban J connectivity index is 1.17. The van der Waals surface area contributed by atoms with Gasteiger partial charge in [0, 0.05) is 89.4 Å². The second-order valence-corrected chi connectivity index (χ2v) is 10.3. The van der Waals surface area contributed by atoms with Crippen LogP contribution in [0.25, 0.3) is 0 Å². The third kappa shape index (κ3) is 4.95. The number of carbonyl (C=O) groups is 4. The predicted octanol–water partition coefficient (Wildman–Crippen LogP) is 1.57. The van der Waals surface area contributed by atoms with Gasteiger partial charge in [0.05, 0.1) is 0 Å². The van der Waals surface area contributed by atoms with E-state index in [2.05, 4.69) is 15.9 Å². The minimum atomic E-state index is -0.626. The van der Waals surface area contributed by atoms with E-state index in [0.29, 0.717) is 48.1 Å². The largest absolute Gasteiger partial charge is 0.434 e. The average molecular weight is 504 g/mol. The molecule has 0 radical (unpaired) electrons. The fourth-order valence-electron chi connectivity index (χ4n) is 5.63. The van der Waals surface area contributed by atoms with Gasteiger partial charge in [-0.05, 0) is 29.5 Å². The first-order chi connectivity index (χ1) is 16.8. The lowest BCUT2D eigenvalue weighted by Gasteiger charge is -2.37. The molecule has 0 aromatic heterocycles. The number of hydrogen-bond donors (Lipinski definition) is 0. The molecule has 4 aliphatic heterocycles. The summed E-state index contributed by atoms with van der Waals surface area (Å²) in [4.78, 5) is 60.9. The van der Waals surface area contributed by atoms with Gasteiger partial charge in [0.25, 0.3) is 11.8 Å². The van der Waals surface area contributed by atoms with Crippen LogP contribution in [0.1, 0.15) is 25.3 Å². The Kier molecular flexibility index (Phi) is 6.59. The molecule has 0 N–H and O–H groups in total. The minimum Gasteiger partial charge on any atom is -0.368 e. The van der Waals surface area contributed by atoms with E-state index in [1.165, 1.54) is 5.56 Å². The summed E-state index contributed by atoms with van der Waals surface area (Å²) in [5.74, 6) is -0.174. The number of benzene rings is 1. The van der Waals surface area contributed by atoms with Gasteiger partial charge < -0.3 is 19.5 Å². The van der Waals surface area contributed by atoms with Crippen LogP contribution in [-0.2, 0) is 25.8 Å². The van der Waals surface area contributed by atoms with Crippen LogP contribution in [0.5, 0.6) is 0 Å². The number of imide groups is 1. The van der Waals surface area contributed by atoms with E-state index in [9.17, 15) is 19.2 Å². The Morgan fingerprint density at radius 1 is 0.943 bits per heavy atom. The zero-order valence-corrected chi connectivity index (χ0v) is 20.6. The van der Waals surface area contributed by atoms with Crippen molar-refractivity contribution >= 4 is 41.1 Å². The maximum Gasteiger partial charge on any atom is 0.434 e. The molecule has 0 spiro atoms. The van der Waals surface area contributed by atoms with Gasteiger partial charge in [-0.1, -0.05) is 17.7 Å². The normalized spacial score (nSPS) is 25.0. The van der Waals surface area contributed by atoms with E-state index in [1.807, 2.05) is 17.0 Å². The fraction of sp³-hybridized carbons (Fsp3) is 0.583. The molecule has 4 fully saturated rings. The van der Waals surface area contributed by atoms with Gasteiger partial charge >= 0.3 is 6.09 Å². The summed E-state index contributed by atoms with van der Waals surface area (Å²) in [5.41, 5.74) is 2.32. The van der Waals surface area contributed by atoms with Crippen molar-refractivity contribution < 1.29 is 24.0 Å². The van der Waals surface area contributed by atoms with Crippen LogP contribution in [0.15, 0.2) is 18.2 Å². The van der Waals surface area contributed by atoms with Crippen LogP contribution >= 0.6 is 11.6 Å². The van der Waals surface area contributed by atoms with Crippen molar-refractivity contribution in [2.75, 3.05) is 57.3 Å². The van der Waals surface area contributed by atoms with Gasteiger partial charge in [0.1, 0.15) is 0 Å². The molecule has 0 bridgehead atoms. The van der Waals surface area contributed by atoms with Crippen LogP contribution in [0.4, 0.5) is 10.5 Å². The maximum absolute atomic E-state index is 12.5. The predicted molar refractivity (Wildman–Crippen MR) is 127 cm³/mol. The Labute approximate surface area is 209 Å². The van der Waals surface area contributed by atoms with Crippen LogP contribution in [-0.4, -0.2) is 95.9 Å². The van der Waals surface area contributed by atoms with Crippen molar-refractivity contribution in [3.05, 3.63) is 28.8 Å². The van der Waals surface area contributed by atoms with E-state index in [1.54, 1.807) is 11.8 Å². The molecule has 1 aromatic rings. The number of carbonyl (C=O) groups excluding carboxylic acids is 4. The third-order valence-corrected chi connectivity index (χ3v) is 7.74. The quantitative estimate of drug-likeness (QED) is 0.576. The fourth-order valence-corrected chi connectivity index (χ4v) is 5.80. The zero-order chi connectivity index (χ0) is 24.7. The highest BCUT2D eigenvalue weighted by molar-refractivity contribution is 6.30. The van der Waals surface area contributed by atoms with Crippen molar-refractivity contribution in [1.29, 1.82) is 0 Å². The van der Waals surface area contributed by atoms with Gasteiger partial charge in [-0.3, -0.25) is 19.3 Å². The molecule has 4 amide bonds. The second kappa shape index (κ2) is 9.66. The molecule has 10 nitrogen and oxygen atoms in total. The van der Waals surface area contributed by atoms with Gasteiger partial charge in [0.15, 0.2) is 0 Å². The summed E-state index contributed by atoms with van der Waals surface area (Å²) >= 11 is 6.33. The molecule has 35 heavy (non-hydrogen) atoms. The first kappa shape index (κ1) is 23.9. The number of amides is 4. The number of piperazine rings is 1. The molecular formula is C24H30ClN5O5. The molecule has 2 unspecified atom stereocenters. The summed E-state index contributed by atoms with van der Waals surface area (Å²) in [6.07, 6.45) is -0.448. The van der Waals surface area contributed by atoms with Crippen LogP contribution in [0.3, 0.4) is 0 Å². The number of hydrogen-bond acceptors (Lipinski definition) is 7. The first-order valence-corrected chi connectivity index (χ1v) is 12.5. The third-order valence-electron chi connectivity index (χ3n) is 7.50. The molecule has 188 valence electrons. The monoisotopic (exact) mass is 503 g/mol. The number of fused-ring (bicyclic) bond motifs is 1. The van der Waals surface area contributed by atoms with E-state index >= 15 is 0 Å². The van der Waals surface area contributed by atoms with Crippen LogP contribution < -0.4 is 4.90 Å². The van der Waals surface area contributed by atoms with Gasteiger partial charge in [-0.15, -0.1) is 5.06 Å². The van der Waals surface area contributed by atoms with Gasteiger partial charge in [0.2, 0.25) is 5.91 Å². The van der Waals surface area contributed by atoms with Crippen LogP contribution in [0, 0.1) is 11.8 Å². The molecule has 0 saturated carbocycles. The average Bonchev–Trinajstić information content (AvgIpc) is 3.49. The van der Waals surface area contributed by atoms with E-state index in [0.717, 1.165) is 38.4 Å². The number of likely N-dealkylation sites (tertiary alicyclic amines) is 2. The lowest BCUT2D eigenvalue weighted by Crippen LogP contribution is -2.48. The number of anilines is 1. The molecule has 4 aliphatic rings. The molecular weight excluding hydrogens is 474 g/mol. The van der Waals surface area contributed by atoms with Crippen molar-refractivity contribution in [3.63, 3.8) is 0 Å². The topological polar surface area (TPSA) is 93.7 Å². The highest BCUT2D eigenvalue weighted by atomic mass is 35.5. The lowest BCUT2D eigenvalue weighted by molar-refractivity contribution is -0.173.